The molecule has 0 amide bonds. The molecule has 0 saturated heterocycles. The normalized spacial score (nSPS) is 12.2. The molecule has 0 aromatic heterocycles. The number of carbonyl (C=O) groups is 1. The van der Waals surface area contributed by atoms with Gasteiger partial charge in [-0.15, -0.1) is 11.8 Å². The zero-order valence-corrected chi connectivity index (χ0v) is 12.3. The third-order valence-corrected chi connectivity index (χ3v) is 4.28. The van der Waals surface area contributed by atoms with Crippen molar-refractivity contribution in [3.8, 4) is 5.75 Å². The molecule has 1 N–H and O–H groups in total. The Balaban J connectivity index is 2.89. The van der Waals surface area contributed by atoms with Gasteiger partial charge < -0.3 is 9.84 Å². The van der Waals surface area contributed by atoms with Crippen molar-refractivity contribution in [2.45, 2.75) is 24.9 Å². The largest absolute Gasteiger partial charge is 0.496 e. The van der Waals surface area contributed by atoms with Crippen LogP contribution < -0.4 is 4.74 Å². The highest BCUT2D eigenvalue weighted by Gasteiger charge is 2.22. The Morgan fingerprint density at radius 1 is 1.45 bits per heavy atom. The monoisotopic (exact) mass is 299 g/mol. The van der Waals surface area contributed by atoms with E-state index >= 15 is 0 Å². The summed E-state index contributed by atoms with van der Waals surface area (Å²) in [5, 5.41) is 19.4. The number of benzene rings is 1. The van der Waals surface area contributed by atoms with Crippen molar-refractivity contribution in [3.05, 3.63) is 33.9 Å². The summed E-state index contributed by atoms with van der Waals surface area (Å²) < 4.78 is 5.02. The van der Waals surface area contributed by atoms with Gasteiger partial charge >= 0.3 is 5.97 Å². The molecule has 0 aliphatic heterocycles. The topological polar surface area (TPSA) is 89.7 Å². The highest BCUT2D eigenvalue weighted by molar-refractivity contribution is 7.99. The van der Waals surface area contributed by atoms with Crippen molar-refractivity contribution in [2.75, 3.05) is 7.11 Å². The van der Waals surface area contributed by atoms with Crippen LogP contribution in [0.3, 0.4) is 0 Å². The third kappa shape index (κ3) is 4.41. The maximum absolute atomic E-state index is 11.1. The molecule has 0 heterocycles. The van der Waals surface area contributed by atoms with Crippen molar-refractivity contribution in [1.29, 1.82) is 0 Å². The van der Waals surface area contributed by atoms with Crippen molar-refractivity contribution >= 4 is 23.4 Å². The van der Waals surface area contributed by atoms with Gasteiger partial charge in [0.1, 0.15) is 11.0 Å². The maximum atomic E-state index is 11.1. The molecule has 0 bridgehead atoms. The Morgan fingerprint density at radius 2 is 2.10 bits per heavy atom. The number of hydrogen-bond acceptors (Lipinski definition) is 5. The lowest BCUT2D eigenvalue weighted by Gasteiger charge is -2.15. The number of thioether (sulfide) groups is 1. The molecule has 0 aliphatic rings. The van der Waals surface area contributed by atoms with E-state index < -0.39 is 16.1 Å². The van der Waals surface area contributed by atoms with Crippen LogP contribution >= 0.6 is 11.8 Å². The molecule has 1 atom stereocenters. The van der Waals surface area contributed by atoms with E-state index in [0.29, 0.717) is 17.1 Å². The molecule has 1 rings (SSSR count). The van der Waals surface area contributed by atoms with Gasteiger partial charge in [-0.2, -0.15) is 0 Å². The van der Waals surface area contributed by atoms with Gasteiger partial charge in [0.2, 0.25) is 0 Å². The minimum absolute atomic E-state index is 0.0157. The Morgan fingerprint density at radius 3 is 2.55 bits per heavy atom. The molecule has 20 heavy (non-hydrogen) atoms. The maximum Gasteiger partial charge on any atom is 0.316 e. The number of rotatable bonds is 7. The van der Waals surface area contributed by atoms with Crippen LogP contribution in [0.15, 0.2) is 18.2 Å². The van der Waals surface area contributed by atoms with Crippen LogP contribution in [0, 0.1) is 16.0 Å². The second-order valence-electron chi connectivity index (χ2n) is 4.61. The van der Waals surface area contributed by atoms with Gasteiger partial charge in [0.25, 0.3) is 5.69 Å². The van der Waals surface area contributed by atoms with E-state index in [1.165, 1.54) is 31.0 Å². The molecular formula is C13H17NO5S. The average molecular weight is 299 g/mol. The molecule has 0 radical (unpaired) electrons. The Kier molecular flexibility index (Phi) is 5.82. The summed E-state index contributed by atoms with van der Waals surface area (Å²) in [7, 11) is 1.43. The molecule has 1 aromatic rings. The van der Waals surface area contributed by atoms with Gasteiger partial charge in [0.15, 0.2) is 0 Å². The van der Waals surface area contributed by atoms with E-state index in [1.807, 2.05) is 13.8 Å². The standard InChI is InChI=1S/C13H17NO5S/c1-8(2)12(13(15)16)20-7-9-4-10(14(17)18)6-11(5-9)19-3/h4-6,8,12H,7H2,1-3H3,(H,15,16). The highest BCUT2D eigenvalue weighted by atomic mass is 32.2. The summed E-state index contributed by atoms with van der Waals surface area (Å²) >= 11 is 1.25. The van der Waals surface area contributed by atoms with Crippen LogP contribution in [0.1, 0.15) is 19.4 Å². The summed E-state index contributed by atoms with van der Waals surface area (Å²) in [6.07, 6.45) is 0. The Labute approximate surface area is 121 Å². The zero-order valence-electron chi connectivity index (χ0n) is 11.5. The molecule has 110 valence electrons. The number of non-ortho nitro benzene ring substituents is 1. The highest BCUT2D eigenvalue weighted by Crippen LogP contribution is 2.28. The third-order valence-electron chi connectivity index (χ3n) is 2.68. The van der Waals surface area contributed by atoms with Crippen LogP contribution in [0.25, 0.3) is 0 Å². The van der Waals surface area contributed by atoms with Gasteiger partial charge in [-0.25, -0.2) is 0 Å². The molecule has 0 aliphatic carbocycles. The second kappa shape index (κ2) is 7.14. The van der Waals surface area contributed by atoms with Gasteiger partial charge in [-0.05, 0) is 17.5 Å². The van der Waals surface area contributed by atoms with E-state index in [0.717, 1.165) is 0 Å². The smallest absolute Gasteiger partial charge is 0.316 e. The molecule has 0 saturated carbocycles. The number of carboxylic acids is 1. The predicted molar refractivity (Wildman–Crippen MR) is 77.2 cm³/mol. The summed E-state index contributed by atoms with van der Waals surface area (Å²) in [5.74, 6) is -0.112. The number of methoxy groups -OCH3 is 1. The van der Waals surface area contributed by atoms with E-state index in [2.05, 4.69) is 0 Å². The lowest BCUT2D eigenvalue weighted by atomic mass is 10.1. The van der Waals surface area contributed by atoms with Gasteiger partial charge in [0, 0.05) is 11.8 Å². The molecule has 6 nitrogen and oxygen atoms in total. The van der Waals surface area contributed by atoms with E-state index in [4.69, 9.17) is 9.84 Å². The Hall–Kier alpha value is -1.76. The van der Waals surface area contributed by atoms with Gasteiger partial charge in [-0.3, -0.25) is 14.9 Å². The zero-order chi connectivity index (χ0) is 15.3. The Bertz CT molecular complexity index is 504. The first-order valence-electron chi connectivity index (χ1n) is 6.02. The molecule has 0 spiro atoms. The second-order valence-corrected chi connectivity index (χ2v) is 5.74. The number of aliphatic carboxylic acids is 1. The number of nitro groups is 1. The quantitative estimate of drug-likeness (QED) is 0.615. The summed E-state index contributed by atoms with van der Waals surface area (Å²) in [5.41, 5.74) is 0.615. The summed E-state index contributed by atoms with van der Waals surface area (Å²) in [4.78, 5) is 21.4. The number of hydrogen-bond donors (Lipinski definition) is 1. The fourth-order valence-corrected chi connectivity index (χ4v) is 2.75. The lowest BCUT2D eigenvalue weighted by molar-refractivity contribution is -0.385. The minimum atomic E-state index is -0.873. The molecule has 1 aromatic carbocycles. The van der Waals surface area contributed by atoms with Crippen molar-refractivity contribution in [2.24, 2.45) is 5.92 Å². The fraction of sp³-hybridized carbons (Fsp3) is 0.462. The molecule has 1 unspecified atom stereocenters. The summed E-state index contributed by atoms with van der Waals surface area (Å²) in [6.45, 7) is 3.67. The molecule has 0 fully saturated rings. The number of ether oxygens (including phenoxy) is 1. The van der Waals surface area contributed by atoms with Gasteiger partial charge in [-0.1, -0.05) is 13.8 Å². The van der Waals surface area contributed by atoms with Crippen molar-refractivity contribution in [3.63, 3.8) is 0 Å². The van der Waals surface area contributed by atoms with Crippen LogP contribution in [0.5, 0.6) is 5.75 Å². The van der Waals surface area contributed by atoms with Crippen LogP contribution in [-0.2, 0) is 10.5 Å². The number of carboxylic acid groups (broad SMARTS) is 1. The van der Waals surface area contributed by atoms with E-state index in [-0.39, 0.29) is 11.6 Å². The molecule has 7 heteroatoms. The fourth-order valence-electron chi connectivity index (χ4n) is 1.68. The predicted octanol–water partition coefficient (Wildman–Crippen LogP) is 2.95. The van der Waals surface area contributed by atoms with Crippen molar-refractivity contribution < 1.29 is 19.6 Å². The SMILES string of the molecule is COc1cc(CSC(C(=O)O)C(C)C)cc([N+](=O)[O-])c1. The van der Waals surface area contributed by atoms with Crippen molar-refractivity contribution in [1.82, 2.24) is 0 Å². The van der Waals surface area contributed by atoms with Crippen LogP contribution in [-0.4, -0.2) is 28.4 Å². The van der Waals surface area contributed by atoms with E-state index in [9.17, 15) is 14.9 Å². The van der Waals surface area contributed by atoms with Crippen LogP contribution in [0.2, 0.25) is 0 Å². The number of nitro benzene ring substituents is 1. The molecular weight excluding hydrogens is 282 g/mol. The lowest BCUT2D eigenvalue weighted by Crippen LogP contribution is -2.22. The first-order valence-corrected chi connectivity index (χ1v) is 7.06. The number of nitrogens with zero attached hydrogens (tertiary/aromatic N) is 1. The summed E-state index contributed by atoms with van der Waals surface area (Å²) in [6, 6.07) is 4.46. The van der Waals surface area contributed by atoms with E-state index in [1.54, 1.807) is 6.07 Å². The van der Waals surface area contributed by atoms with Crippen LogP contribution in [0.4, 0.5) is 5.69 Å². The minimum Gasteiger partial charge on any atom is -0.496 e. The first-order chi connectivity index (χ1) is 9.35. The average Bonchev–Trinajstić information content (AvgIpc) is 2.37. The first kappa shape index (κ1) is 16.3. The van der Waals surface area contributed by atoms with Gasteiger partial charge in [0.05, 0.1) is 18.1 Å².